The Hall–Kier alpha value is -1.70. The van der Waals surface area contributed by atoms with Gasteiger partial charge in [-0.05, 0) is 48.7 Å². The van der Waals surface area contributed by atoms with Gasteiger partial charge in [-0.3, -0.25) is 4.79 Å². The van der Waals surface area contributed by atoms with Crippen LogP contribution in [-0.2, 0) is 19.4 Å². The van der Waals surface area contributed by atoms with Crippen molar-refractivity contribution in [3.8, 4) is 0 Å². The molecule has 0 radical (unpaired) electrons. The van der Waals surface area contributed by atoms with E-state index in [-0.39, 0.29) is 11.5 Å². The predicted molar refractivity (Wildman–Crippen MR) is 113 cm³/mol. The summed E-state index contributed by atoms with van der Waals surface area (Å²) < 4.78 is 36.6. The summed E-state index contributed by atoms with van der Waals surface area (Å²) in [6.07, 6.45) is -2.39. The van der Waals surface area contributed by atoms with Crippen LogP contribution in [0.2, 0.25) is 5.02 Å². The van der Waals surface area contributed by atoms with Gasteiger partial charge in [-0.2, -0.15) is 13.2 Å². The summed E-state index contributed by atoms with van der Waals surface area (Å²) in [6.45, 7) is 2.40. The van der Waals surface area contributed by atoms with Crippen LogP contribution in [0.5, 0.6) is 0 Å². The highest BCUT2D eigenvalue weighted by Crippen LogP contribution is 2.31. The van der Waals surface area contributed by atoms with E-state index in [0.29, 0.717) is 28.9 Å². The van der Waals surface area contributed by atoms with Gasteiger partial charge in [0, 0.05) is 12.1 Å². The molecule has 0 spiro atoms. The zero-order chi connectivity index (χ0) is 20.9. The first-order valence-corrected chi connectivity index (χ1v) is 10.9. The molecule has 1 aliphatic rings. The summed E-state index contributed by atoms with van der Waals surface area (Å²) in [4.78, 5) is 12.0. The van der Waals surface area contributed by atoms with E-state index in [1.54, 1.807) is 12.1 Å². The number of carbonyl (C=O) groups is 1. The first-order chi connectivity index (χ1) is 13.8. The van der Waals surface area contributed by atoms with E-state index in [0.717, 1.165) is 37.2 Å². The van der Waals surface area contributed by atoms with Crippen molar-refractivity contribution in [3.63, 3.8) is 0 Å². The maximum atomic E-state index is 12.2. The molecular formula is C21H22ClF3N2OS. The fraction of sp³-hybridized carbons (Fsp3) is 0.381. The summed E-state index contributed by atoms with van der Waals surface area (Å²) in [6, 6.07) is 10.9. The molecule has 29 heavy (non-hydrogen) atoms. The zero-order valence-corrected chi connectivity index (χ0v) is 17.3. The van der Waals surface area contributed by atoms with Crippen molar-refractivity contribution < 1.29 is 18.0 Å². The lowest BCUT2D eigenvalue weighted by Gasteiger charge is -2.16. The Bertz CT molecular complexity index is 856. The summed E-state index contributed by atoms with van der Waals surface area (Å²) in [5.74, 6) is -1.50. The second-order valence-corrected chi connectivity index (χ2v) is 8.28. The van der Waals surface area contributed by atoms with Crippen molar-refractivity contribution in [1.29, 1.82) is 0 Å². The summed E-state index contributed by atoms with van der Waals surface area (Å²) >= 11 is 7.00. The minimum atomic E-state index is -4.26. The molecule has 156 valence electrons. The van der Waals surface area contributed by atoms with E-state index in [4.69, 9.17) is 11.6 Å². The number of rotatable bonds is 7. The SMILES string of the molecule is O=C(CSCC(F)(F)F)c1ccc(CNc2c(Cl)ccc3c2CCNCC3)cc1. The minimum Gasteiger partial charge on any atom is -0.380 e. The molecular weight excluding hydrogens is 421 g/mol. The Balaban J connectivity index is 1.60. The van der Waals surface area contributed by atoms with E-state index >= 15 is 0 Å². The molecule has 3 nitrogen and oxygen atoms in total. The molecule has 0 unspecified atom stereocenters. The fourth-order valence-electron chi connectivity index (χ4n) is 3.28. The largest absolute Gasteiger partial charge is 0.397 e. The van der Waals surface area contributed by atoms with Gasteiger partial charge >= 0.3 is 6.18 Å². The molecule has 0 saturated heterocycles. The van der Waals surface area contributed by atoms with Crippen molar-refractivity contribution in [2.75, 3.05) is 29.9 Å². The fourth-order valence-corrected chi connectivity index (χ4v) is 4.21. The van der Waals surface area contributed by atoms with Crippen LogP contribution in [0.4, 0.5) is 18.9 Å². The Morgan fingerprint density at radius 3 is 2.55 bits per heavy atom. The van der Waals surface area contributed by atoms with Crippen LogP contribution in [0.1, 0.15) is 27.0 Å². The lowest BCUT2D eigenvalue weighted by molar-refractivity contribution is -0.105. The van der Waals surface area contributed by atoms with Crippen molar-refractivity contribution in [2.24, 2.45) is 0 Å². The third kappa shape index (κ3) is 6.39. The number of hydrogen-bond donors (Lipinski definition) is 2. The van der Waals surface area contributed by atoms with E-state index in [2.05, 4.69) is 16.7 Å². The Labute approximate surface area is 177 Å². The van der Waals surface area contributed by atoms with Crippen molar-refractivity contribution in [2.45, 2.75) is 25.6 Å². The van der Waals surface area contributed by atoms with Gasteiger partial charge in [-0.15, -0.1) is 11.8 Å². The maximum absolute atomic E-state index is 12.2. The van der Waals surface area contributed by atoms with Crippen LogP contribution in [0, 0.1) is 0 Å². The van der Waals surface area contributed by atoms with Gasteiger partial charge < -0.3 is 10.6 Å². The van der Waals surface area contributed by atoms with Gasteiger partial charge in [0.05, 0.1) is 22.2 Å². The number of fused-ring (bicyclic) bond motifs is 1. The molecule has 3 rings (SSSR count). The molecule has 0 amide bonds. The highest BCUT2D eigenvalue weighted by molar-refractivity contribution is 8.00. The number of nitrogens with one attached hydrogen (secondary N) is 2. The number of anilines is 1. The first-order valence-electron chi connectivity index (χ1n) is 9.35. The second kappa shape index (κ2) is 9.87. The Morgan fingerprint density at radius 1 is 1.10 bits per heavy atom. The average Bonchev–Trinajstić information content (AvgIpc) is 2.92. The molecule has 0 aliphatic carbocycles. The number of alkyl halides is 3. The number of benzene rings is 2. The van der Waals surface area contributed by atoms with Crippen LogP contribution in [-0.4, -0.2) is 36.6 Å². The number of thioether (sulfide) groups is 1. The third-order valence-electron chi connectivity index (χ3n) is 4.73. The molecule has 1 aliphatic heterocycles. The standard InChI is InChI=1S/C21H22ClF3N2OS/c22-18-6-5-15-7-9-26-10-8-17(15)20(18)27-11-14-1-3-16(4-2-14)19(28)12-29-13-21(23,24)25/h1-6,26-27H,7-13H2. The third-order valence-corrected chi connectivity index (χ3v) is 6.04. The highest BCUT2D eigenvalue weighted by Gasteiger charge is 2.27. The van der Waals surface area contributed by atoms with Crippen molar-refractivity contribution in [3.05, 3.63) is 63.7 Å². The molecule has 8 heteroatoms. The molecule has 0 bridgehead atoms. The zero-order valence-electron chi connectivity index (χ0n) is 15.7. The first kappa shape index (κ1) is 22.0. The normalized spacial score (nSPS) is 14.2. The molecule has 0 aromatic heterocycles. The van der Waals surface area contributed by atoms with E-state index in [1.807, 2.05) is 18.2 Å². The number of halogens is 4. The summed E-state index contributed by atoms with van der Waals surface area (Å²) in [7, 11) is 0. The molecule has 0 atom stereocenters. The summed E-state index contributed by atoms with van der Waals surface area (Å²) in [5.41, 5.74) is 4.85. The molecule has 0 saturated carbocycles. The van der Waals surface area contributed by atoms with Gasteiger partial charge in [0.2, 0.25) is 0 Å². The van der Waals surface area contributed by atoms with Crippen molar-refractivity contribution in [1.82, 2.24) is 5.32 Å². The van der Waals surface area contributed by atoms with Crippen LogP contribution in [0.15, 0.2) is 36.4 Å². The molecule has 2 N–H and O–H groups in total. The van der Waals surface area contributed by atoms with Crippen molar-refractivity contribution >= 4 is 34.8 Å². The number of Topliss-reactive ketones (excluding diaryl/α,β-unsaturated/α-hetero) is 1. The second-order valence-electron chi connectivity index (χ2n) is 6.89. The highest BCUT2D eigenvalue weighted by atomic mass is 35.5. The Morgan fingerprint density at radius 2 is 1.83 bits per heavy atom. The van der Waals surface area contributed by atoms with Crippen LogP contribution in [0.3, 0.4) is 0 Å². The topological polar surface area (TPSA) is 41.1 Å². The van der Waals surface area contributed by atoms with Gasteiger partial charge in [-0.1, -0.05) is 41.9 Å². The average molecular weight is 443 g/mol. The van der Waals surface area contributed by atoms with E-state index < -0.39 is 11.9 Å². The smallest absolute Gasteiger partial charge is 0.380 e. The van der Waals surface area contributed by atoms with E-state index in [9.17, 15) is 18.0 Å². The van der Waals surface area contributed by atoms with E-state index in [1.165, 1.54) is 11.1 Å². The monoisotopic (exact) mass is 442 g/mol. The molecule has 2 aromatic carbocycles. The maximum Gasteiger partial charge on any atom is 0.397 e. The lowest BCUT2D eigenvalue weighted by Crippen LogP contribution is -2.16. The van der Waals surface area contributed by atoms with Gasteiger partial charge in [0.25, 0.3) is 0 Å². The Kier molecular flexibility index (Phi) is 7.49. The minimum absolute atomic E-state index is 0.184. The molecule has 2 aromatic rings. The van der Waals surface area contributed by atoms with Crippen LogP contribution >= 0.6 is 23.4 Å². The number of carbonyl (C=O) groups excluding carboxylic acids is 1. The van der Waals surface area contributed by atoms with Gasteiger partial charge in [0.15, 0.2) is 5.78 Å². The lowest BCUT2D eigenvalue weighted by atomic mass is 10.0. The molecule has 0 fully saturated rings. The van der Waals surface area contributed by atoms with Gasteiger partial charge in [-0.25, -0.2) is 0 Å². The van der Waals surface area contributed by atoms with Crippen LogP contribution in [0.25, 0.3) is 0 Å². The van der Waals surface area contributed by atoms with Gasteiger partial charge in [0.1, 0.15) is 0 Å². The predicted octanol–water partition coefficient (Wildman–Crippen LogP) is 5.12. The molecule has 1 heterocycles. The van der Waals surface area contributed by atoms with Crippen LogP contribution < -0.4 is 10.6 Å². The quantitative estimate of drug-likeness (QED) is 0.584. The number of hydrogen-bond acceptors (Lipinski definition) is 4. The number of ketones is 1. The summed E-state index contributed by atoms with van der Waals surface area (Å²) in [5, 5.41) is 7.48.